The Morgan fingerprint density at radius 2 is 1.73 bits per heavy atom. The molecule has 1 aromatic carbocycles. The molecular weight excluding hydrogens is 388 g/mol. The van der Waals surface area contributed by atoms with Crippen LogP contribution in [0.2, 0.25) is 0 Å². The predicted octanol–water partition coefficient (Wildman–Crippen LogP) is 2.52. The summed E-state index contributed by atoms with van der Waals surface area (Å²) in [5, 5.41) is 0. The fraction of sp³-hybridized carbons (Fsp3) is 0.500. The Bertz CT molecular complexity index is 870. The van der Waals surface area contributed by atoms with E-state index in [1.807, 2.05) is 12.1 Å². The molecular formula is C22H28N2O6. The van der Waals surface area contributed by atoms with Crippen LogP contribution in [0.25, 0.3) is 0 Å². The van der Waals surface area contributed by atoms with Crippen LogP contribution in [0.4, 0.5) is 11.4 Å². The molecule has 0 aliphatic carbocycles. The second kappa shape index (κ2) is 9.30. The van der Waals surface area contributed by atoms with Crippen LogP contribution in [-0.4, -0.2) is 58.4 Å². The standard InChI is InChI=1S/C22H28N2O6/c1-14-7-9-23(10-8-14)16-5-6-19(17(11-16)15(2)25)24-13-30-12-18(21(26)28-3)20(24)22(27)29-4/h5-6,11,14H,7-10,12-13H2,1-4H3. The number of nitrogens with zero attached hydrogens (tertiary/aromatic N) is 2. The molecule has 0 bridgehead atoms. The molecule has 2 aliphatic heterocycles. The Kier molecular flexibility index (Phi) is 6.77. The van der Waals surface area contributed by atoms with Gasteiger partial charge < -0.3 is 24.0 Å². The number of carbonyl (C=O) groups excluding carboxylic acids is 3. The van der Waals surface area contributed by atoms with E-state index in [1.165, 1.54) is 26.0 Å². The Morgan fingerprint density at radius 1 is 1.07 bits per heavy atom. The summed E-state index contributed by atoms with van der Waals surface area (Å²) in [7, 11) is 2.47. The molecule has 1 fully saturated rings. The summed E-state index contributed by atoms with van der Waals surface area (Å²) in [4.78, 5) is 41.0. The molecule has 0 amide bonds. The summed E-state index contributed by atoms with van der Waals surface area (Å²) in [6, 6.07) is 5.56. The lowest BCUT2D eigenvalue weighted by Gasteiger charge is -2.34. The van der Waals surface area contributed by atoms with Gasteiger partial charge in [-0.05, 0) is 43.9 Å². The number of benzene rings is 1. The average Bonchev–Trinajstić information content (AvgIpc) is 2.77. The van der Waals surface area contributed by atoms with Gasteiger partial charge in [-0.25, -0.2) is 9.59 Å². The number of Topliss-reactive ketones (excluding diaryl/α,β-unsaturated/α-hetero) is 1. The minimum Gasteiger partial charge on any atom is -0.466 e. The van der Waals surface area contributed by atoms with E-state index in [2.05, 4.69) is 11.8 Å². The maximum absolute atomic E-state index is 12.5. The van der Waals surface area contributed by atoms with Gasteiger partial charge in [0.2, 0.25) is 0 Å². The topological polar surface area (TPSA) is 85.4 Å². The first kappa shape index (κ1) is 21.8. The van der Waals surface area contributed by atoms with Gasteiger partial charge in [0.25, 0.3) is 0 Å². The highest BCUT2D eigenvalue weighted by molar-refractivity contribution is 6.06. The average molecular weight is 416 g/mol. The van der Waals surface area contributed by atoms with Gasteiger partial charge in [-0.15, -0.1) is 0 Å². The van der Waals surface area contributed by atoms with Gasteiger partial charge in [0.05, 0.1) is 32.1 Å². The van der Waals surface area contributed by atoms with Crippen molar-refractivity contribution in [3.63, 3.8) is 0 Å². The molecule has 3 rings (SSSR count). The fourth-order valence-corrected chi connectivity index (χ4v) is 3.84. The molecule has 0 N–H and O–H groups in total. The van der Waals surface area contributed by atoms with Crippen LogP contribution in [0.3, 0.4) is 0 Å². The van der Waals surface area contributed by atoms with Crippen molar-refractivity contribution in [1.29, 1.82) is 0 Å². The summed E-state index contributed by atoms with van der Waals surface area (Å²) in [5.74, 6) is -0.819. The Hall–Kier alpha value is -2.87. The van der Waals surface area contributed by atoms with E-state index < -0.39 is 11.9 Å². The van der Waals surface area contributed by atoms with Crippen molar-refractivity contribution in [1.82, 2.24) is 0 Å². The van der Waals surface area contributed by atoms with Crippen molar-refractivity contribution in [2.75, 3.05) is 50.4 Å². The first-order valence-corrected chi connectivity index (χ1v) is 10.0. The van der Waals surface area contributed by atoms with Gasteiger partial charge in [0.15, 0.2) is 5.78 Å². The van der Waals surface area contributed by atoms with Crippen molar-refractivity contribution >= 4 is 29.1 Å². The van der Waals surface area contributed by atoms with Gasteiger partial charge in [-0.1, -0.05) is 6.92 Å². The molecule has 8 nitrogen and oxygen atoms in total. The highest BCUT2D eigenvalue weighted by Crippen LogP contribution is 2.33. The van der Waals surface area contributed by atoms with Crippen LogP contribution >= 0.6 is 0 Å². The van der Waals surface area contributed by atoms with Crippen molar-refractivity contribution in [3.8, 4) is 0 Å². The Labute approximate surface area is 176 Å². The van der Waals surface area contributed by atoms with E-state index in [0.717, 1.165) is 31.6 Å². The molecule has 0 aromatic heterocycles. The summed E-state index contributed by atoms with van der Waals surface area (Å²) in [6.07, 6.45) is 2.21. The number of esters is 2. The third-order valence-electron chi connectivity index (χ3n) is 5.63. The summed E-state index contributed by atoms with van der Waals surface area (Å²) < 4.78 is 15.2. The molecule has 1 aromatic rings. The summed E-state index contributed by atoms with van der Waals surface area (Å²) in [5.41, 5.74) is 1.97. The molecule has 30 heavy (non-hydrogen) atoms. The lowest BCUT2D eigenvalue weighted by Crippen LogP contribution is -2.39. The van der Waals surface area contributed by atoms with E-state index in [9.17, 15) is 14.4 Å². The Balaban J connectivity index is 2.05. The maximum atomic E-state index is 12.5. The normalized spacial score (nSPS) is 17.7. The largest absolute Gasteiger partial charge is 0.466 e. The minimum atomic E-state index is -0.692. The maximum Gasteiger partial charge on any atom is 0.355 e. The van der Waals surface area contributed by atoms with Crippen LogP contribution < -0.4 is 9.80 Å². The highest BCUT2D eigenvalue weighted by Gasteiger charge is 2.34. The molecule has 0 saturated carbocycles. The van der Waals surface area contributed by atoms with E-state index in [4.69, 9.17) is 14.2 Å². The van der Waals surface area contributed by atoms with Crippen molar-refractivity contribution in [2.24, 2.45) is 5.92 Å². The van der Waals surface area contributed by atoms with Gasteiger partial charge in [-0.3, -0.25) is 4.79 Å². The molecule has 8 heteroatoms. The van der Waals surface area contributed by atoms with E-state index in [0.29, 0.717) is 17.2 Å². The lowest BCUT2D eigenvalue weighted by molar-refractivity contribution is -0.140. The van der Waals surface area contributed by atoms with Gasteiger partial charge >= 0.3 is 11.9 Å². The molecule has 0 atom stereocenters. The number of carbonyl (C=O) groups is 3. The van der Waals surface area contributed by atoms with Crippen molar-refractivity contribution in [2.45, 2.75) is 26.7 Å². The minimum absolute atomic E-state index is 0.00574. The highest BCUT2D eigenvalue weighted by atomic mass is 16.5. The molecule has 2 heterocycles. The van der Waals surface area contributed by atoms with E-state index in [1.54, 1.807) is 6.07 Å². The number of piperidine rings is 1. The number of ether oxygens (including phenoxy) is 3. The smallest absolute Gasteiger partial charge is 0.355 e. The van der Waals surface area contributed by atoms with Gasteiger partial charge in [-0.2, -0.15) is 0 Å². The van der Waals surface area contributed by atoms with Crippen LogP contribution in [0.1, 0.15) is 37.0 Å². The number of methoxy groups -OCH3 is 2. The zero-order chi connectivity index (χ0) is 21.8. The zero-order valence-corrected chi connectivity index (χ0v) is 17.9. The van der Waals surface area contributed by atoms with Crippen LogP contribution in [0, 0.1) is 5.92 Å². The van der Waals surface area contributed by atoms with Crippen LogP contribution in [0.15, 0.2) is 29.5 Å². The number of anilines is 2. The monoisotopic (exact) mass is 416 g/mol. The third kappa shape index (κ3) is 4.33. The van der Waals surface area contributed by atoms with Crippen LogP contribution in [-0.2, 0) is 23.8 Å². The molecule has 162 valence electrons. The second-order valence-electron chi connectivity index (χ2n) is 7.64. The number of hydrogen-bond acceptors (Lipinski definition) is 8. The van der Waals surface area contributed by atoms with Crippen molar-refractivity contribution < 1.29 is 28.6 Å². The number of rotatable bonds is 5. The molecule has 2 aliphatic rings. The third-order valence-corrected chi connectivity index (χ3v) is 5.63. The van der Waals surface area contributed by atoms with Gasteiger partial charge in [0, 0.05) is 24.3 Å². The quantitative estimate of drug-likeness (QED) is 0.535. The van der Waals surface area contributed by atoms with E-state index >= 15 is 0 Å². The predicted molar refractivity (Wildman–Crippen MR) is 111 cm³/mol. The van der Waals surface area contributed by atoms with Gasteiger partial charge in [0.1, 0.15) is 12.4 Å². The zero-order valence-electron chi connectivity index (χ0n) is 17.9. The summed E-state index contributed by atoms with van der Waals surface area (Å²) >= 11 is 0. The number of hydrogen-bond donors (Lipinski definition) is 0. The molecule has 0 spiro atoms. The first-order chi connectivity index (χ1) is 14.4. The second-order valence-corrected chi connectivity index (χ2v) is 7.64. The van der Waals surface area contributed by atoms with Crippen molar-refractivity contribution in [3.05, 3.63) is 35.0 Å². The first-order valence-electron chi connectivity index (χ1n) is 10.0. The molecule has 1 saturated heterocycles. The Morgan fingerprint density at radius 3 is 2.33 bits per heavy atom. The molecule has 0 radical (unpaired) electrons. The van der Waals surface area contributed by atoms with Crippen LogP contribution in [0.5, 0.6) is 0 Å². The van der Waals surface area contributed by atoms with E-state index in [-0.39, 0.29) is 30.4 Å². The molecule has 0 unspecified atom stereocenters. The number of ketones is 1. The SMILES string of the molecule is COC(=O)C1=C(C(=O)OC)N(c2ccc(N3CCC(C)CC3)cc2C(C)=O)COC1. The fourth-order valence-electron chi connectivity index (χ4n) is 3.84. The lowest BCUT2D eigenvalue weighted by atomic mass is 9.98. The summed E-state index contributed by atoms with van der Waals surface area (Å²) in [6.45, 7) is 5.53.